The van der Waals surface area contributed by atoms with E-state index in [2.05, 4.69) is 10.6 Å². The molecule has 0 aliphatic carbocycles. The van der Waals surface area contributed by atoms with Crippen molar-refractivity contribution in [2.45, 2.75) is 12.1 Å². The van der Waals surface area contributed by atoms with Gasteiger partial charge in [-0.3, -0.25) is 14.5 Å². The second-order valence-electron chi connectivity index (χ2n) is 7.56. The quantitative estimate of drug-likeness (QED) is 0.485. The number of nitrogens with zero attached hydrogens (tertiary/aromatic N) is 1. The van der Waals surface area contributed by atoms with E-state index in [0.29, 0.717) is 17.0 Å². The van der Waals surface area contributed by atoms with Gasteiger partial charge in [0.2, 0.25) is 5.91 Å². The summed E-state index contributed by atoms with van der Waals surface area (Å²) >= 11 is 0. The van der Waals surface area contributed by atoms with Gasteiger partial charge in [0.25, 0.3) is 5.91 Å². The lowest BCUT2D eigenvalue weighted by Crippen LogP contribution is -2.39. The second kappa shape index (κ2) is 9.54. The van der Waals surface area contributed by atoms with E-state index in [9.17, 15) is 19.5 Å². The minimum atomic E-state index is -1.26. The second-order valence-corrected chi connectivity index (χ2v) is 7.56. The van der Waals surface area contributed by atoms with Crippen LogP contribution in [0.5, 0.6) is 5.75 Å². The molecule has 3 aromatic carbocycles. The summed E-state index contributed by atoms with van der Waals surface area (Å²) in [5, 5.41) is 16.0. The Kier molecular flexibility index (Phi) is 6.37. The average molecular weight is 445 g/mol. The summed E-state index contributed by atoms with van der Waals surface area (Å²) in [6, 6.07) is 21.5. The molecule has 1 fully saturated rings. The highest BCUT2D eigenvalue weighted by Crippen LogP contribution is 2.27. The zero-order valence-corrected chi connectivity index (χ0v) is 17.9. The first-order chi connectivity index (χ1) is 16.0. The normalized spacial score (nSPS) is 16.3. The lowest BCUT2D eigenvalue weighted by atomic mass is 9.97. The fraction of sp³-hybridized carbons (Fsp3) is 0.160. The lowest BCUT2D eigenvalue weighted by molar-refractivity contribution is -0.132. The van der Waals surface area contributed by atoms with Crippen molar-refractivity contribution in [1.82, 2.24) is 10.2 Å². The zero-order valence-electron chi connectivity index (χ0n) is 17.9. The summed E-state index contributed by atoms with van der Waals surface area (Å²) in [5.41, 5.74) is 2.83. The Morgan fingerprint density at radius 2 is 1.73 bits per heavy atom. The van der Waals surface area contributed by atoms with E-state index in [-0.39, 0.29) is 0 Å². The smallest absolute Gasteiger partial charge is 0.325 e. The number of ether oxygens (including phenoxy) is 1. The third-order valence-corrected chi connectivity index (χ3v) is 5.38. The van der Waals surface area contributed by atoms with E-state index in [1.165, 1.54) is 7.11 Å². The SMILES string of the molecule is COc1ccc(NC(=O)CN2C(=O)NC(C(O)c3cccc(-c4ccccc4)c3)C2=O)cc1. The number of hydrogen-bond acceptors (Lipinski definition) is 5. The van der Waals surface area contributed by atoms with Crippen LogP contribution in [0, 0.1) is 0 Å². The van der Waals surface area contributed by atoms with Gasteiger partial charge in [0.05, 0.1) is 7.11 Å². The van der Waals surface area contributed by atoms with Crippen LogP contribution in [-0.2, 0) is 9.59 Å². The van der Waals surface area contributed by atoms with Crippen LogP contribution < -0.4 is 15.4 Å². The van der Waals surface area contributed by atoms with Crippen LogP contribution in [0.3, 0.4) is 0 Å². The Morgan fingerprint density at radius 3 is 2.42 bits per heavy atom. The first kappa shape index (κ1) is 22.0. The number of urea groups is 1. The number of rotatable bonds is 7. The highest BCUT2D eigenvalue weighted by molar-refractivity contribution is 6.08. The van der Waals surface area contributed by atoms with Crippen molar-refractivity contribution in [3.8, 4) is 16.9 Å². The average Bonchev–Trinajstić information content (AvgIpc) is 3.13. The summed E-state index contributed by atoms with van der Waals surface area (Å²) in [7, 11) is 1.54. The number of methoxy groups -OCH3 is 1. The summed E-state index contributed by atoms with van der Waals surface area (Å²) in [6.07, 6.45) is -1.26. The minimum absolute atomic E-state index is 0.468. The molecule has 0 aromatic heterocycles. The molecular weight excluding hydrogens is 422 g/mol. The van der Waals surface area contributed by atoms with Crippen molar-refractivity contribution in [1.29, 1.82) is 0 Å². The van der Waals surface area contributed by atoms with Crippen LogP contribution in [0.25, 0.3) is 11.1 Å². The molecule has 2 atom stereocenters. The molecule has 0 bridgehead atoms. The van der Waals surface area contributed by atoms with Gasteiger partial charge in [-0.25, -0.2) is 4.79 Å². The molecule has 4 rings (SSSR count). The molecule has 3 N–H and O–H groups in total. The van der Waals surface area contributed by atoms with E-state index in [1.54, 1.807) is 42.5 Å². The molecular formula is C25H23N3O5. The molecule has 3 aromatic rings. The number of carbonyl (C=O) groups excluding carboxylic acids is 3. The Hall–Kier alpha value is -4.17. The van der Waals surface area contributed by atoms with Crippen LogP contribution in [0.1, 0.15) is 11.7 Å². The molecule has 1 saturated heterocycles. The molecule has 0 spiro atoms. The summed E-state index contributed by atoms with van der Waals surface area (Å²) < 4.78 is 5.07. The molecule has 1 aliphatic heterocycles. The van der Waals surface area contributed by atoms with Gasteiger partial charge in [-0.2, -0.15) is 0 Å². The van der Waals surface area contributed by atoms with E-state index in [1.807, 2.05) is 36.4 Å². The predicted molar refractivity (Wildman–Crippen MR) is 122 cm³/mol. The Labute approximate surface area is 190 Å². The maximum absolute atomic E-state index is 12.8. The molecule has 8 nitrogen and oxygen atoms in total. The number of hydrogen-bond donors (Lipinski definition) is 3. The van der Waals surface area contributed by atoms with E-state index >= 15 is 0 Å². The van der Waals surface area contributed by atoms with Crippen molar-refractivity contribution in [3.63, 3.8) is 0 Å². The number of aliphatic hydroxyl groups is 1. The Morgan fingerprint density at radius 1 is 1.03 bits per heavy atom. The molecule has 1 aliphatic rings. The van der Waals surface area contributed by atoms with Crippen molar-refractivity contribution in [2.24, 2.45) is 0 Å². The van der Waals surface area contributed by atoms with E-state index in [4.69, 9.17) is 4.74 Å². The molecule has 1 heterocycles. The van der Waals surface area contributed by atoms with Gasteiger partial charge < -0.3 is 20.5 Å². The number of aliphatic hydroxyl groups excluding tert-OH is 1. The van der Waals surface area contributed by atoms with E-state index < -0.39 is 36.5 Å². The Balaban J connectivity index is 1.43. The summed E-state index contributed by atoms with van der Waals surface area (Å²) in [4.78, 5) is 38.4. The summed E-state index contributed by atoms with van der Waals surface area (Å²) in [5.74, 6) is -0.567. The highest BCUT2D eigenvalue weighted by atomic mass is 16.5. The standard InChI is InChI=1S/C25H23N3O5/c1-33-20-12-10-19(11-13-20)26-21(29)15-28-24(31)22(27-25(28)32)23(30)18-9-5-8-17(14-18)16-6-3-2-4-7-16/h2-14,22-23,30H,15H2,1H3,(H,26,29)(H,27,32). The fourth-order valence-electron chi connectivity index (χ4n) is 3.65. The van der Waals surface area contributed by atoms with Gasteiger partial charge in [0.15, 0.2) is 0 Å². The molecule has 33 heavy (non-hydrogen) atoms. The maximum atomic E-state index is 12.8. The molecule has 0 radical (unpaired) electrons. The number of anilines is 1. The van der Waals surface area contributed by atoms with Crippen molar-refractivity contribution in [2.75, 3.05) is 19.0 Å². The third-order valence-electron chi connectivity index (χ3n) is 5.38. The maximum Gasteiger partial charge on any atom is 0.325 e. The minimum Gasteiger partial charge on any atom is -0.497 e. The first-order valence-electron chi connectivity index (χ1n) is 10.4. The zero-order chi connectivity index (χ0) is 23.4. The van der Waals surface area contributed by atoms with Crippen molar-refractivity contribution < 1.29 is 24.2 Å². The molecule has 168 valence electrons. The molecule has 2 unspecified atom stereocenters. The van der Waals surface area contributed by atoms with Gasteiger partial charge in [-0.15, -0.1) is 0 Å². The summed E-state index contributed by atoms with van der Waals surface area (Å²) in [6.45, 7) is -0.468. The number of amides is 4. The van der Waals surface area contributed by atoms with Crippen LogP contribution in [0.4, 0.5) is 10.5 Å². The van der Waals surface area contributed by atoms with Crippen LogP contribution in [0.2, 0.25) is 0 Å². The molecule has 0 saturated carbocycles. The van der Waals surface area contributed by atoms with Crippen LogP contribution >= 0.6 is 0 Å². The largest absolute Gasteiger partial charge is 0.497 e. The molecule has 4 amide bonds. The van der Waals surface area contributed by atoms with Gasteiger partial charge >= 0.3 is 6.03 Å². The predicted octanol–water partition coefficient (Wildman–Crippen LogP) is 2.95. The van der Waals surface area contributed by atoms with Crippen LogP contribution in [0.15, 0.2) is 78.9 Å². The fourth-order valence-corrected chi connectivity index (χ4v) is 3.65. The highest BCUT2D eigenvalue weighted by Gasteiger charge is 2.43. The molecule has 8 heteroatoms. The lowest BCUT2D eigenvalue weighted by Gasteiger charge is -2.18. The van der Waals surface area contributed by atoms with Gasteiger partial charge in [-0.05, 0) is 47.0 Å². The van der Waals surface area contributed by atoms with Gasteiger partial charge in [0, 0.05) is 5.69 Å². The topological polar surface area (TPSA) is 108 Å². The number of benzene rings is 3. The number of imide groups is 1. The van der Waals surface area contributed by atoms with Crippen molar-refractivity contribution in [3.05, 3.63) is 84.4 Å². The van der Waals surface area contributed by atoms with Gasteiger partial charge in [-0.1, -0.05) is 48.5 Å². The Bertz CT molecular complexity index is 1160. The number of carbonyl (C=O) groups is 3. The van der Waals surface area contributed by atoms with Gasteiger partial charge in [0.1, 0.15) is 24.4 Å². The monoisotopic (exact) mass is 445 g/mol. The van der Waals surface area contributed by atoms with Crippen LogP contribution in [-0.4, -0.2) is 47.5 Å². The first-order valence-corrected chi connectivity index (χ1v) is 10.4. The number of nitrogens with one attached hydrogen (secondary N) is 2. The van der Waals surface area contributed by atoms with Crippen molar-refractivity contribution >= 4 is 23.5 Å². The van der Waals surface area contributed by atoms with E-state index in [0.717, 1.165) is 16.0 Å². The third kappa shape index (κ3) is 4.86.